The van der Waals surface area contributed by atoms with Crippen LogP contribution in [0.15, 0.2) is 36.4 Å². The Morgan fingerprint density at radius 2 is 1.26 bits per heavy atom. The molecule has 0 heteroatoms. The van der Waals surface area contributed by atoms with Gasteiger partial charge in [-0.15, -0.1) is 0 Å². The molecule has 0 unspecified atom stereocenters. The Kier molecular flexibility index (Phi) is 8.49. The van der Waals surface area contributed by atoms with E-state index in [0.717, 1.165) is 36.5 Å². The molecule has 1 aromatic rings. The third-order valence-corrected chi connectivity index (χ3v) is 7.57. The predicted octanol–water partition coefficient (Wildman–Crippen LogP) is 8.15. The van der Waals surface area contributed by atoms with E-state index in [-0.39, 0.29) is 0 Å². The molecule has 0 aromatic heterocycles. The van der Waals surface area contributed by atoms with Gasteiger partial charge in [-0.05, 0) is 92.6 Å². The molecule has 2 saturated carbocycles. The number of aryl methyl sites for hydroxylation is 1. The summed E-state index contributed by atoms with van der Waals surface area (Å²) in [5, 5.41) is 0. The van der Waals surface area contributed by atoms with Gasteiger partial charge in [0, 0.05) is 0 Å². The van der Waals surface area contributed by atoms with Crippen LogP contribution < -0.4 is 0 Å². The average Bonchev–Trinajstić information content (AvgIpc) is 2.73. The van der Waals surface area contributed by atoms with E-state index in [2.05, 4.69) is 50.3 Å². The maximum absolute atomic E-state index is 2.47. The normalized spacial score (nSPS) is 29.3. The highest BCUT2D eigenvalue weighted by atomic mass is 14.4. The van der Waals surface area contributed by atoms with Crippen molar-refractivity contribution in [1.29, 1.82) is 0 Å². The molecule has 0 nitrogen and oxygen atoms in total. The van der Waals surface area contributed by atoms with Crippen LogP contribution in [0.4, 0.5) is 0 Å². The first-order valence-corrected chi connectivity index (χ1v) is 12.0. The quantitative estimate of drug-likeness (QED) is 0.407. The third kappa shape index (κ3) is 6.51. The van der Waals surface area contributed by atoms with Crippen molar-refractivity contribution in [2.75, 3.05) is 0 Å². The van der Waals surface area contributed by atoms with E-state index in [1.165, 1.54) is 81.8 Å². The number of hydrogen-bond acceptors (Lipinski definition) is 0. The Bertz CT molecular complexity index is 536. The molecule has 27 heavy (non-hydrogen) atoms. The monoisotopic (exact) mass is 366 g/mol. The Morgan fingerprint density at radius 3 is 1.81 bits per heavy atom. The summed E-state index contributed by atoms with van der Waals surface area (Å²) in [6.07, 6.45) is 23.4. The minimum absolute atomic E-state index is 0.955. The van der Waals surface area contributed by atoms with Gasteiger partial charge in [0.15, 0.2) is 0 Å². The van der Waals surface area contributed by atoms with Gasteiger partial charge >= 0.3 is 0 Å². The summed E-state index contributed by atoms with van der Waals surface area (Å²) in [6, 6.07) is 9.15. The van der Waals surface area contributed by atoms with Gasteiger partial charge in [-0.25, -0.2) is 0 Å². The Morgan fingerprint density at radius 1 is 0.704 bits per heavy atom. The first kappa shape index (κ1) is 20.7. The lowest BCUT2D eigenvalue weighted by atomic mass is 9.68. The van der Waals surface area contributed by atoms with Gasteiger partial charge < -0.3 is 0 Å². The number of benzene rings is 1. The second kappa shape index (κ2) is 11.1. The molecule has 150 valence electrons. The first-order chi connectivity index (χ1) is 13.3. The molecule has 2 aliphatic rings. The highest BCUT2D eigenvalue weighted by Gasteiger charge is 2.30. The van der Waals surface area contributed by atoms with Crippen LogP contribution in [-0.4, -0.2) is 0 Å². The van der Waals surface area contributed by atoms with E-state index in [4.69, 9.17) is 0 Å². The highest BCUT2D eigenvalue weighted by molar-refractivity contribution is 5.24. The molecule has 0 radical (unpaired) electrons. The minimum atomic E-state index is 0.955. The van der Waals surface area contributed by atoms with E-state index in [1.807, 2.05) is 0 Å². The standard InChI is InChI=1S/C27H42/c1-3-7-23-14-18-26(19-15-23)27-20-16-25(17-21-27)9-6-5-8-24-12-10-22(4-2)11-13-24/h5-6,10-13,23,25-27H,3-4,7-9,14-21H2,1-2H3/b6-5-. The van der Waals surface area contributed by atoms with Crippen molar-refractivity contribution in [1.82, 2.24) is 0 Å². The van der Waals surface area contributed by atoms with Gasteiger partial charge in [-0.3, -0.25) is 0 Å². The second-order valence-corrected chi connectivity index (χ2v) is 9.43. The number of hydrogen-bond donors (Lipinski definition) is 0. The molecule has 0 heterocycles. The summed E-state index contributed by atoms with van der Waals surface area (Å²) in [5.74, 6) is 4.15. The summed E-state index contributed by atoms with van der Waals surface area (Å²) < 4.78 is 0. The molecular formula is C27H42. The van der Waals surface area contributed by atoms with Crippen molar-refractivity contribution >= 4 is 0 Å². The molecule has 3 rings (SSSR count). The van der Waals surface area contributed by atoms with E-state index in [0.29, 0.717) is 0 Å². The second-order valence-electron chi connectivity index (χ2n) is 9.43. The zero-order valence-electron chi connectivity index (χ0n) is 18.0. The van der Waals surface area contributed by atoms with Gasteiger partial charge in [0.05, 0.1) is 0 Å². The molecule has 2 aliphatic carbocycles. The van der Waals surface area contributed by atoms with Gasteiger partial charge in [-0.2, -0.15) is 0 Å². The van der Waals surface area contributed by atoms with Crippen LogP contribution >= 0.6 is 0 Å². The third-order valence-electron chi connectivity index (χ3n) is 7.57. The summed E-state index contributed by atoms with van der Waals surface area (Å²) in [6.45, 7) is 4.57. The van der Waals surface area contributed by atoms with Crippen LogP contribution in [0.25, 0.3) is 0 Å². The Balaban J connectivity index is 1.32. The molecule has 2 fully saturated rings. The molecule has 0 atom stereocenters. The topological polar surface area (TPSA) is 0 Å². The molecule has 1 aromatic carbocycles. The van der Waals surface area contributed by atoms with Gasteiger partial charge in [0.25, 0.3) is 0 Å². The van der Waals surface area contributed by atoms with Gasteiger partial charge in [0.1, 0.15) is 0 Å². The van der Waals surface area contributed by atoms with Gasteiger partial charge in [-0.1, -0.05) is 75.9 Å². The maximum Gasteiger partial charge on any atom is -0.00975 e. The zero-order chi connectivity index (χ0) is 18.9. The smallest absolute Gasteiger partial charge is 0.00975 e. The fourth-order valence-corrected chi connectivity index (χ4v) is 5.67. The fourth-order valence-electron chi connectivity index (χ4n) is 5.67. The van der Waals surface area contributed by atoms with Crippen LogP contribution in [0.3, 0.4) is 0 Å². The SMILES string of the molecule is CCCC1CCC(C2CCC(C/C=C\Cc3ccc(CC)cc3)CC2)CC1. The zero-order valence-corrected chi connectivity index (χ0v) is 18.0. The molecule has 0 saturated heterocycles. The summed E-state index contributed by atoms with van der Waals surface area (Å²) >= 11 is 0. The lowest BCUT2D eigenvalue weighted by molar-refractivity contribution is 0.144. The van der Waals surface area contributed by atoms with Crippen molar-refractivity contribution < 1.29 is 0 Å². The van der Waals surface area contributed by atoms with Crippen molar-refractivity contribution in [2.24, 2.45) is 23.7 Å². The van der Waals surface area contributed by atoms with Crippen LogP contribution in [0, 0.1) is 23.7 Å². The van der Waals surface area contributed by atoms with Crippen LogP contribution in [-0.2, 0) is 12.8 Å². The lowest BCUT2D eigenvalue weighted by Gasteiger charge is -2.37. The number of allylic oxidation sites excluding steroid dienone is 2. The molecular weight excluding hydrogens is 324 g/mol. The van der Waals surface area contributed by atoms with Crippen molar-refractivity contribution in [3.8, 4) is 0 Å². The summed E-state index contributed by atoms with van der Waals surface area (Å²) in [5.41, 5.74) is 2.89. The molecule has 0 N–H and O–H groups in total. The molecule has 0 spiro atoms. The molecule has 0 bridgehead atoms. The van der Waals surface area contributed by atoms with E-state index < -0.39 is 0 Å². The summed E-state index contributed by atoms with van der Waals surface area (Å²) in [4.78, 5) is 0. The predicted molar refractivity (Wildman–Crippen MR) is 119 cm³/mol. The molecule has 0 amide bonds. The summed E-state index contributed by atoms with van der Waals surface area (Å²) in [7, 11) is 0. The Hall–Kier alpha value is -1.04. The fraction of sp³-hybridized carbons (Fsp3) is 0.704. The van der Waals surface area contributed by atoms with Crippen LogP contribution in [0.2, 0.25) is 0 Å². The van der Waals surface area contributed by atoms with E-state index in [9.17, 15) is 0 Å². The van der Waals surface area contributed by atoms with Gasteiger partial charge in [0.2, 0.25) is 0 Å². The van der Waals surface area contributed by atoms with Crippen LogP contribution in [0.1, 0.15) is 95.6 Å². The Labute approximate surface area is 168 Å². The maximum atomic E-state index is 2.47. The van der Waals surface area contributed by atoms with E-state index >= 15 is 0 Å². The van der Waals surface area contributed by atoms with Crippen molar-refractivity contribution in [3.63, 3.8) is 0 Å². The lowest BCUT2D eigenvalue weighted by Crippen LogP contribution is -2.25. The minimum Gasteiger partial charge on any atom is -0.0879 e. The van der Waals surface area contributed by atoms with Crippen molar-refractivity contribution in [2.45, 2.75) is 97.3 Å². The highest BCUT2D eigenvalue weighted by Crippen LogP contribution is 2.42. The number of rotatable bonds is 8. The largest absolute Gasteiger partial charge is 0.0879 e. The molecule has 0 aliphatic heterocycles. The van der Waals surface area contributed by atoms with Crippen LogP contribution in [0.5, 0.6) is 0 Å². The van der Waals surface area contributed by atoms with Crippen molar-refractivity contribution in [3.05, 3.63) is 47.5 Å². The van der Waals surface area contributed by atoms with E-state index in [1.54, 1.807) is 0 Å². The first-order valence-electron chi connectivity index (χ1n) is 12.0. The average molecular weight is 367 g/mol.